The zero-order valence-electron chi connectivity index (χ0n) is 10.4. The molecule has 0 bridgehead atoms. The summed E-state index contributed by atoms with van der Waals surface area (Å²) >= 11 is 6.00. The molecule has 0 aromatic heterocycles. The molecule has 2 rings (SSSR count). The highest BCUT2D eigenvalue weighted by Crippen LogP contribution is 2.28. The fourth-order valence-electron chi connectivity index (χ4n) is 2.27. The second-order valence-corrected chi connectivity index (χ2v) is 5.00. The largest absolute Gasteiger partial charge is 0.495 e. The minimum atomic E-state index is 0.514. The summed E-state index contributed by atoms with van der Waals surface area (Å²) in [5.74, 6) is 0.723. The van der Waals surface area contributed by atoms with Gasteiger partial charge in [-0.2, -0.15) is 0 Å². The van der Waals surface area contributed by atoms with Crippen molar-refractivity contribution in [1.29, 1.82) is 0 Å². The SMILES string of the molecule is COc1cc(NC2CCCN(C)C2)ccc1Cl. The molecular formula is C13H19ClN2O. The Bertz CT molecular complexity index is 384. The molecule has 0 aliphatic carbocycles. The number of anilines is 1. The maximum Gasteiger partial charge on any atom is 0.139 e. The summed E-state index contributed by atoms with van der Waals surface area (Å²) in [7, 11) is 3.80. The number of rotatable bonds is 3. The highest BCUT2D eigenvalue weighted by atomic mass is 35.5. The van der Waals surface area contributed by atoms with Crippen LogP contribution in [0.15, 0.2) is 18.2 Å². The van der Waals surface area contributed by atoms with Gasteiger partial charge in [-0.05, 0) is 38.6 Å². The number of likely N-dealkylation sites (N-methyl/N-ethyl adjacent to an activating group) is 1. The average molecular weight is 255 g/mol. The van der Waals surface area contributed by atoms with Gasteiger partial charge in [-0.15, -0.1) is 0 Å². The molecule has 1 aliphatic rings. The highest BCUT2D eigenvalue weighted by Gasteiger charge is 2.16. The van der Waals surface area contributed by atoms with E-state index >= 15 is 0 Å². The van der Waals surface area contributed by atoms with Crippen LogP contribution in [-0.4, -0.2) is 38.2 Å². The zero-order valence-corrected chi connectivity index (χ0v) is 11.1. The van der Waals surface area contributed by atoms with Crippen LogP contribution in [0.25, 0.3) is 0 Å². The molecule has 0 radical (unpaired) electrons. The van der Waals surface area contributed by atoms with Crippen molar-refractivity contribution in [1.82, 2.24) is 4.90 Å². The van der Waals surface area contributed by atoms with E-state index in [9.17, 15) is 0 Å². The Labute approximate surface area is 108 Å². The minimum absolute atomic E-state index is 0.514. The summed E-state index contributed by atoms with van der Waals surface area (Å²) in [4.78, 5) is 2.36. The molecule has 4 heteroatoms. The molecule has 1 aliphatic heterocycles. The van der Waals surface area contributed by atoms with Crippen LogP contribution in [0.3, 0.4) is 0 Å². The van der Waals surface area contributed by atoms with Crippen molar-refractivity contribution in [3.8, 4) is 5.75 Å². The molecule has 0 spiro atoms. The molecule has 1 fully saturated rings. The number of nitrogens with one attached hydrogen (secondary N) is 1. The summed E-state index contributed by atoms with van der Waals surface area (Å²) in [6.07, 6.45) is 2.47. The Morgan fingerprint density at radius 3 is 3.00 bits per heavy atom. The minimum Gasteiger partial charge on any atom is -0.495 e. The third-order valence-electron chi connectivity index (χ3n) is 3.15. The second kappa shape index (κ2) is 5.61. The quantitative estimate of drug-likeness (QED) is 0.898. The van der Waals surface area contributed by atoms with Crippen molar-refractivity contribution in [2.45, 2.75) is 18.9 Å². The molecule has 1 atom stereocenters. The number of nitrogens with zero attached hydrogens (tertiary/aromatic N) is 1. The lowest BCUT2D eigenvalue weighted by molar-refractivity contribution is 0.261. The van der Waals surface area contributed by atoms with Crippen molar-refractivity contribution >= 4 is 17.3 Å². The summed E-state index contributed by atoms with van der Waals surface area (Å²) in [5, 5.41) is 4.18. The first-order valence-corrected chi connectivity index (χ1v) is 6.35. The lowest BCUT2D eigenvalue weighted by Crippen LogP contribution is -2.39. The van der Waals surface area contributed by atoms with Gasteiger partial charge in [0.2, 0.25) is 0 Å². The van der Waals surface area contributed by atoms with Crippen molar-refractivity contribution in [2.24, 2.45) is 0 Å². The predicted molar refractivity (Wildman–Crippen MR) is 72.1 cm³/mol. The third kappa shape index (κ3) is 3.27. The van der Waals surface area contributed by atoms with Gasteiger partial charge in [0.15, 0.2) is 0 Å². The van der Waals surface area contributed by atoms with Crippen molar-refractivity contribution < 1.29 is 4.74 Å². The molecule has 94 valence electrons. The van der Waals surface area contributed by atoms with E-state index in [0.29, 0.717) is 11.1 Å². The standard InChI is InChI=1S/C13H19ClN2O/c1-16-7-3-4-11(9-16)15-10-5-6-12(14)13(8-10)17-2/h5-6,8,11,15H,3-4,7,9H2,1-2H3. The van der Waals surface area contributed by atoms with E-state index in [1.165, 1.54) is 19.4 Å². The van der Waals surface area contributed by atoms with E-state index in [0.717, 1.165) is 18.0 Å². The fourth-order valence-corrected chi connectivity index (χ4v) is 2.46. The second-order valence-electron chi connectivity index (χ2n) is 4.60. The predicted octanol–water partition coefficient (Wildman–Crippen LogP) is 2.85. The van der Waals surface area contributed by atoms with Crippen LogP contribution >= 0.6 is 11.6 Å². The molecule has 1 heterocycles. The Morgan fingerprint density at radius 1 is 1.47 bits per heavy atom. The molecule has 1 saturated heterocycles. The van der Waals surface area contributed by atoms with Crippen LogP contribution in [0.4, 0.5) is 5.69 Å². The van der Waals surface area contributed by atoms with Gasteiger partial charge < -0.3 is 15.0 Å². The normalized spacial score (nSPS) is 21.2. The van der Waals surface area contributed by atoms with Gasteiger partial charge in [-0.25, -0.2) is 0 Å². The Hall–Kier alpha value is -0.930. The summed E-state index contributed by atoms with van der Waals surface area (Å²) < 4.78 is 5.21. The van der Waals surface area contributed by atoms with Gasteiger partial charge in [-0.1, -0.05) is 11.6 Å². The first-order chi connectivity index (χ1) is 8.19. The molecule has 0 amide bonds. The topological polar surface area (TPSA) is 24.5 Å². The van der Waals surface area contributed by atoms with Gasteiger partial charge in [0.1, 0.15) is 5.75 Å². The number of likely N-dealkylation sites (tertiary alicyclic amines) is 1. The molecule has 1 aromatic rings. The molecule has 3 nitrogen and oxygen atoms in total. The zero-order chi connectivity index (χ0) is 12.3. The van der Waals surface area contributed by atoms with E-state index < -0.39 is 0 Å². The summed E-state index contributed by atoms with van der Waals surface area (Å²) in [6, 6.07) is 6.34. The van der Waals surface area contributed by atoms with Gasteiger partial charge in [0, 0.05) is 24.3 Å². The van der Waals surface area contributed by atoms with Crippen LogP contribution in [0.5, 0.6) is 5.75 Å². The highest BCUT2D eigenvalue weighted by molar-refractivity contribution is 6.32. The van der Waals surface area contributed by atoms with Crippen LogP contribution < -0.4 is 10.1 Å². The van der Waals surface area contributed by atoms with Crippen molar-refractivity contribution in [3.63, 3.8) is 0 Å². The van der Waals surface area contributed by atoms with E-state index in [1.54, 1.807) is 7.11 Å². The van der Waals surface area contributed by atoms with E-state index in [-0.39, 0.29) is 0 Å². The van der Waals surface area contributed by atoms with Crippen LogP contribution in [0.2, 0.25) is 5.02 Å². The van der Waals surface area contributed by atoms with Gasteiger partial charge in [0.25, 0.3) is 0 Å². The lowest BCUT2D eigenvalue weighted by atomic mass is 10.1. The Balaban J connectivity index is 2.02. The van der Waals surface area contributed by atoms with Gasteiger partial charge in [0.05, 0.1) is 12.1 Å². The monoisotopic (exact) mass is 254 g/mol. The first kappa shape index (κ1) is 12.5. The number of piperidine rings is 1. The average Bonchev–Trinajstić information content (AvgIpc) is 2.32. The Morgan fingerprint density at radius 2 is 2.29 bits per heavy atom. The van der Waals surface area contributed by atoms with Crippen molar-refractivity contribution in [2.75, 3.05) is 32.6 Å². The van der Waals surface area contributed by atoms with Crippen LogP contribution in [0, 0.1) is 0 Å². The summed E-state index contributed by atoms with van der Waals surface area (Å²) in [6.45, 7) is 2.28. The number of ether oxygens (including phenoxy) is 1. The van der Waals surface area contributed by atoms with E-state index in [2.05, 4.69) is 17.3 Å². The Kier molecular flexibility index (Phi) is 4.13. The van der Waals surface area contributed by atoms with E-state index in [4.69, 9.17) is 16.3 Å². The molecule has 1 aromatic carbocycles. The number of methoxy groups -OCH3 is 1. The van der Waals surface area contributed by atoms with Crippen molar-refractivity contribution in [3.05, 3.63) is 23.2 Å². The lowest BCUT2D eigenvalue weighted by Gasteiger charge is -2.31. The third-order valence-corrected chi connectivity index (χ3v) is 3.46. The first-order valence-electron chi connectivity index (χ1n) is 5.97. The molecule has 1 N–H and O–H groups in total. The maximum atomic E-state index is 6.00. The van der Waals surface area contributed by atoms with E-state index in [1.807, 2.05) is 18.2 Å². The molecular weight excluding hydrogens is 236 g/mol. The van der Waals surface area contributed by atoms with Gasteiger partial charge in [-0.3, -0.25) is 0 Å². The number of hydrogen-bond donors (Lipinski definition) is 1. The summed E-state index contributed by atoms with van der Waals surface area (Å²) in [5.41, 5.74) is 1.08. The maximum absolute atomic E-state index is 6.00. The molecule has 17 heavy (non-hydrogen) atoms. The number of hydrogen-bond acceptors (Lipinski definition) is 3. The fraction of sp³-hybridized carbons (Fsp3) is 0.538. The number of benzene rings is 1. The van der Waals surface area contributed by atoms with Gasteiger partial charge >= 0.3 is 0 Å². The van der Waals surface area contributed by atoms with Crippen LogP contribution in [-0.2, 0) is 0 Å². The van der Waals surface area contributed by atoms with Crippen LogP contribution in [0.1, 0.15) is 12.8 Å². The molecule has 1 unspecified atom stereocenters. The number of halogens is 1. The molecule has 0 saturated carbocycles. The smallest absolute Gasteiger partial charge is 0.139 e.